The van der Waals surface area contributed by atoms with Gasteiger partial charge in [-0.25, -0.2) is 0 Å². The highest BCUT2D eigenvalue weighted by molar-refractivity contribution is 6.25. The zero-order chi connectivity index (χ0) is 18.8. The van der Waals surface area contributed by atoms with E-state index >= 15 is 0 Å². The molecule has 0 saturated heterocycles. The molecule has 1 fully saturated rings. The third-order valence-corrected chi connectivity index (χ3v) is 6.13. The molecule has 0 heterocycles. The number of alkyl halides is 2. The summed E-state index contributed by atoms with van der Waals surface area (Å²) in [6, 6.07) is 4.29. The Morgan fingerprint density at radius 3 is 2.48 bits per heavy atom. The molecule has 0 spiro atoms. The maximum absolute atomic E-state index is 10.6. The Hall–Kier alpha value is -0.720. The van der Waals surface area contributed by atoms with Crippen LogP contribution in [0, 0.1) is 31.6 Å². The van der Waals surface area contributed by atoms with E-state index in [0.29, 0.717) is 13.0 Å². The summed E-state index contributed by atoms with van der Waals surface area (Å²) in [4.78, 5) is 0. The normalized spacial score (nSPS) is 26.4. The van der Waals surface area contributed by atoms with Crippen molar-refractivity contribution in [2.24, 2.45) is 5.92 Å². The summed E-state index contributed by atoms with van der Waals surface area (Å²) in [5, 5.41) is 10.5. The van der Waals surface area contributed by atoms with E-state index < -0.39 is 5.60 Å². The Balaban J connectivity index is 2.40. The molecule has 4 heteroatoms. The first-order valence-corrected chi connectivity index (χ1v) is 9.61. The van der Waals surface area contributed by atoms with Crippen molar-refractivity contribution in [3.63, 3.8) is 0 Å². The summed E-state index contributed by atoms with van der Waals surface area (Å²) >= 11 is 13.3. The molecule has 2 nitrogen and oxygen atoms in total. The molecule has 1 aromatic carbocycles. The zero-order valence-electron chi connectivity index (χ0n) is 15.7. The van der Waals surface area contributed by atoms with Crippen LogP contribution >= 0.6 is 23.2 Å². The molecule has 1 aromatic rings. The van der Waals surface area contributed by atoms with E-state index in [0.717, 1.165) is 23.1 Å². The van der Waals surface area contributed by atoms with Gasteiger partial charge in [0.25, 0.3) is 0 Å². The second-order valence-corrected chi connectivity index (χ2v) is 8.64. The van der Waals surface area contributed by atoms with Crippen molar-refractivity contribution in [2.75, 3.05) is 13.7 Å². The molecule has 1 N–H and O–H groups in total. The number of ether oxygens (including phenoxy) is 1. The van der Waals surface area contributed by atoms with E-state index in [9.17, 15) is 5.11 Å². The van der Waals surface area contributed by atoms with Gasteiger partial charge in [-0.3, -0.25) is 0 Å². The third kappa shape index (κ3) is 4.72. The monoisotopic (exact) mass is 382 g/mol. The summed E-state index contributed by atoms with van der Waals surface area (Å²) in [5.41, 5.74) is 3.51. The molecule has 1 aliphatic rings. The van der Waals surface area contributed by atoms with Gasteiger partial charge in [-0.1, -0.05) is 18.1 Å². The highest BCUT2D eigenvalue weighted by atomic mass is 35.5. The third-order valence-electron chi connectivity index (χ3n) is 5.18. The van der Waals surface area contributed by atoms with Crippen LogP contribution in [0.25, 0.3) is 0 Å². The molecule has 138 valence electrons. The molecule has 25 heavy (non-hydrogen) atoms. The minimum Gasteiger partial charge on any atom is -0.386 e. The molecular formula is C21H28Cl2O2. The number of benzene rings is 1. The first-order valence-electron chi connectivity index (χ1n) is 8.73. The Bertz CT molecular complexity index is 667. The predicted molar refractivity (Wildman–Crippen MR) is 106 cm³/mol. The molecule has 0 bridgehead atoms. The van der Waals surface area contributed by atoms with Crippen LogP contribution < -0.4 is 0 Å². The summed E-state index contributed by atoms with van der Waals surface area (Å²) < 4.78 is 4.99. The van der Waals surface area contributed by atoms with Crippen LogP contribution in [0.5, 0.6) is 0 Å². The van der Waals surface area contributed by atoms with Crippen LogP contribution in [-0.2, 0) is 10.3 Å². The second kappa shape index (κ2) is 8.31. The fourth-order valence-corrected chi connectivity index (χ4v) is 4.82. The van der Waals surface area contributed by atoms with Gasteiger partial charge < -0.3 is 9.84 Å². The Morgan fingerprint density at radius 2 is 1.88 bits per heavy atom. The summed E-state index contributed by atoms with van der Waals surface area (Å²) in [6.07, 6.45) is 1.48. The Labute approximate surface area is 161 Å². The fourth-order valence-electron chi connectivity index (χ4n) is 3.77. The van der Waals surface area contributed by atoms with Gasteiger partial charge in [0, 0.05) is 30.2 Å². The van der Waals surface area contributed by atoms with Crippen molar-refractivity contribution < 1.29 is 9.84 Å². The van der Waals surface area contributed by atoms with Crippen molar-refractivity contribution in [2.45, 2.75) is 62.8 Å². The van der Waals surface area contributed by atoms with E-state index in [1.807, 2.05) is 13.8 Å². The largest absolute Gasteiger partial charge is 0.386 e. The number of hydrogen-bond acceptors (Lipinski definition) is 2. The lowest BCUT2D eigenvalue weighted by Crippen LogP contribution is -2.21. The first kappa shape index (κ1) is 20.6. The van der Waals surface area contributed by atoms with Crippen LogP contribution in [0.4, 0.5) is 0 Å². The molecule has 1 aliphatic carbocycles. The summed E-state index contributed by atoms with van der Waals surface area (Å²) in [7, 11) is 1.64. The minimum absolute atomic E-state index is 0.0107. The van der Waals surface area contributed by atoms with Gasteiger partial charge in [0.2, 0.25) is 0 Å². The van der Waals surface area contributed by atoms with Gasteiger partial charge >= 0.3 is 0 Å². The van der Waals surface area contributed by atoms with Crippen LogP contribution in [0.1, 0.15) is 54.9 Å². The van der Waals surface area contributed by atoms with Gasteiger partial charge in [0.1, 0.15) is 6.61 Å². The van der Waals surface area contributed by atoms with Gasteiger partial charge in [-0.2, -0.15) is 0 Å². The SMILES string of the molecule is COCC#CCC1C(Cl)CC(Cl)C1c1cc(C)c(C)c(C(C)(C)O)c1. The van der Waals surface area contributed by atoms with Gasteiger partial charge in [-0.05, 0) is 62.3 Å². The average Bonchev–Trinajstić information content (AvgIpc) is 2.79. The maximum Gasteiger partial charge on any atom is 0.107 e. The van der Waals surface area contributed by atoms with Gasteiger partial charge in [-0.15, -0.1) is 29.1 Å². The van der Waals surface area contributed by atoms with Gasteiger partial charge in [0.05, 0.1) is 5.60 Å². The van der Waals surface area contributed by atoms with E-state index in [-0.39, 0.29) is 22.6 Å². The second-order valence-electron chi connectivity index (χ2n) is 7.52. The van der Waals surface area contributed by atoms with E-state index in [2.05, 4.69) is 37.8 Å². The van der Waals surface area contributed by atoms with E-state index in [4.69, 9.17) is 27.9 Å². The molecule has 0 radical (unpaired) electrons. The Morgan fingerprint density at radius 1 is 1.20 bits per heavy atom. The Kier molecular flexibility index (Phi) is 6.85. The maximum atomic E-state index is 10.6. The van der Waals surface area contributed by atoms with Crippen molar-refractivity contribution in [3.05, 3.63) is 34.4 Å². The summed E-state index contributed by atoms with van der Waals surface area (Å²) in [5.74, 6) is 6.53. The van der Waals surface area contributed by atoms with Crippen molar-refractivity contribution in [3.8, 4) is 11.8 Å². The van der Waals surface area contributed by atoms with E-state index in [1.165, 1.54) is 5.56 Å². The van der Waals surface area contributed by atoms with Crippen LogP contribution in [0.2, 0.25) is 0 Å². The molecule has 1 saturated carbocycles. The number of aryl methyl sites for hydroxylation is 1. The highest BCUT2D eigenvalue weighted by Gasteiger charge is 2.42. The lowest BCUT2D eigenvalue weighted by Gasteiger charge is -2.27. The van der Waals surface area contributed by atoms with Gasteiger partial charge in [0.15, 0.2) is 0 Å². The number of hydrogen-bond donors (Lipinski definition) is 1. The van der Waals surface area contributed by atoms with Crippen molar-refractivity contribution in [1.82, 2.24) is 0 Å². The van der Waals surface area contributed by atoms with Crippen molar-refractivity contribution in [1.29, 1.82) is 0 Å². The summed E-state index contributed by atoms with van der Waals surface area (Å²) in [6.45, 7) is 8.21. The van der Waals surface area contributed by atoms with E-state index in [1.54, 1.807) is 7.11 Å². The first-order chi connectivity index (χ1) is 11.7. The van der Waals surface area contributed by atoms with Crippen LogP contribution in [0.15, 0.2) is 12.1 Å². The fraction of sp³-hybridized carbons (Fsp3) is 0.619. The quantitative estimate of drug-likeness (QED) is 0.593. The molecule has 4 unspecified atom stereocenters. The molecule has 2 rings (SSSR count). The number of halogens is 2. The highest BCUT2D eigenvalue weighted by Crippen LogP contribution is 2.48. The molecule has 0 amide bonds. The smallest absolute Gasteiger partial charge is 0.107 e. The van der Waals surface area contributed by atoms with Crippen LogP contribution in [-0.4, -0.2) is 29.6 Å². The van der Waals surface area contributed by atoms with Crippen LogP contribution in [0.3, 0.4) is 0 Å². The van der Waals surface area contributed by atoms with Crippen molar-refractivity contribution >= 4 is 23.2 Å². The average molecular weight is 383 g/mol. The number of aliphatic hydroxyl groups is 1. The molecule has 0 aromatic heterocycles. The number of methoxy groups -OCH3 is 1. The lowest BCUT2D eigenvalue weighted by atomic mass is 9.81. The molecule has 4 atom stereocenters. The topological polar surface area (TPSA) is 29.5 Å². The lowest BCUT2D eigenvalue weighted by molar-refractivity contribution is 0.0777. The number of rotatable bonds is 4. The predicted octanol–water partition coefficient (Wildman–Crippen LogP) is 4.89. The standard InChI is InChI=1S/C21H28Cl2O2/c1-13-10-15(11-17(14(13)2)21(3,4)24)20-16(8-6-7-9-25-5)18(22)12-19(20)23/h10-11,16,18-20,24H,8-9,12H2,1-5H3. The minimum atomic E-state index is -0.889. The zero-order valence-corrected chi connectivity index (χ0v) is 17.2. The molecule has 0 aliphatic heterocycles. The molecular weight excluding hydrogens is 355 g/mol.